The summed E-state index contributed by atoms with van der Waals surface area (Å²) in [6, 6.07) is 0. The number of hydrogen-bond acceptors (Lipinski definition) is 1. The van der Waals surface area contributed by atoms with Gasteiger partial charge in [-0.05, 0) is 0 Å². The Labute approximate surface area is 190 Å². The fourth-order valence-electron chi connectivity index (χ4n) is 4.43. The topological polar surface area (TPSA) is 9.23 Å². The molecule has 1 unspecified atom stereocenters. The molecule has 0 heterocycles. The van der Waals surface area contributed by atoms with Gasteiger partial charge >= 0.3 is 191 Å². The van der Waals surface area contributed by atoms with Gasteiger partial charge in [-0.1, -0.05) is 0 Å². The Bertz CT molecular complexity index is 419. The summed E-state index contributed by atoms with van der Waals surface area (Å²) in [6.07, 6.45) is 19.0. The first-order chi connectivity index (χ1) is 13.7. The van der Waals surface area contributed by atoms with Gasteiger partial charge in [-0.3, -0.25) is 0 Å². The molecule has 0 fully saturated rings. The molecule has 0 aliphatic rings. The fraction of sp³-hybridized carbons (Fsp3) is 0.846. The van der Waals surface area contributed by atoms with Gasteiger partial charge < -0.3 is 0 Å². The van der Waals surface area contributed by atoms with Crippen LogP contribution in [0, 0.1) is 0 Å². The molecule has 0 saturated carbocycles. The average molecular weight is 530 g/mol. The van der Waals surface area contributed by atoms with Gasteiger partial charge in [0.2, 0.25) is 0 Å². The van der Waals surface area contributed by atoms with Gasteiger partial charge in [0.15, 0.2) is 0 Å². The molecule has 0 aliphatic carbocycles. The Balaban J connectivity index is 5.54. The first-order valence-electron chi connectivity index (χ1n) is 12.7. The van der Waals surface area contributed by atoms with Gasteiger partial charge in [0, 0.05) is 0 Å². The molecule has 0 radical (unpaired) electrons. The number of rotatable bonds is 19. The maximum absolute atomic E-state index is 6.77. The predicted octanol–water partition coefficient (Wildman–Crippen LogP) is 9.68. The van der Waals surface area contributed by atoms with Crippen molar-refractivity contribution in [3.05, 3.63) is 22.8 Å². The van der Waals surface area contributed by atoms with E-state index in [0.29, 0.717) is 0 Å². The molecule has 0 aliphatic heterocycles. The van der Waals surface area contributed by atoms with Crippen LogP contribution in [0.4, 0.5) is 0 Å². The second kappa shape index (κ2) is 16.1. The summed E-state index contributed by atoms with van der Waals surface area (Å²) < 4.78 is 14.2. The standard InChI is InChI=1S/C14H27OSi.3C4H9.Sn/c1-7-10-11-13-14(9-3,12-8-2)15-16(4,5)6;3*1-3-4-2;/h2,8-9H,3,7,10-13H2,1,4-6H3;3*1,3-4H2,2H3;. The van der Waals surface area contributed by atoms with Crippen molar-refractivity contribution in [3.63, 3.8) is 0 Å². The van der Waals surface area contributed by atoms with E-state index in [1.165, 1.54) is 57.8 Å². The summed E-state index contributed by atoms with van der Waals surface area (Å²) in [4.78, 5) is 0. The minimum absolute atomic E-state index is 0.145. The summed E-state index contributed by atoms with van der Waals surface area (Å²) in [5.41, 5.74) is -0.145. The molecule has 0 saturated heterocycles. The van der Waals surface area contributed by atoms with Crippen molar-refractivity contribution in [2.45, 2.75) is 137 Å². The summed E-state index contributed by atoms with van der Waals surface area (Å²) in [6.45, 7) is 20.6. The molecule has 0 aromatic rings. The second-order valence-electron chi connectivity index (χ2n) is 10.2. The zero-order valence-corrected chi connectivity index (χ0v) is 25.1. The van der Waals surface area contributed by atoms with Crippen LogP contribution in [0.1, 0.15) is 98.3 Å². The van der Waals surface area contributed by atoms with Crippen LogP contribution < -0.4 is 0 Å². The van der Waals surface area contributed by atoms with Crippen LogP contribution in [0.5, 0.6) is 0 Å². The van der Waals surface area contributed by atoms with Crippen molar-refractivity contribution in [2.24, 2.45) is 0 Å². The van der Waals surface area contributed by atoms with Crippen molar-refractivity contribution < 1.29 is 4.43 Å². The van der Waals surface area contributed by atoms with E-state index in [4.69, 9.17) is 4.43 Å². The summed E-state index contributed by atoms with van der Waals surface area (Å²) in [7, 11) is -1.62. The van der Waals surface area contributed by atoms with E-state index < -0.39 is 26.7 Å². The Kier molecular flexibility index (Phi) is 16.4. The van der Waals surface area contributed by atoms with Crippen LogP contribution in [-0.2, 0) is 4.43 Å². The molecular weight excluding hydrogens is 475 g/mol. The van der Waals surface area contributed by atoms with Gasteiger partial charge in [0.1, 0.15) is 0 Å². The molecule has 0 spiro atoms. The van der Waals surface area contributed by atoms with Crippen LogP contribution in [0.3, 0.4) is 0 Å². The van der Waals surface area contributed by atoms with E-state index in [0.717, 1.165) is 12.8 Å². The molecule has 1 nitrogen and oxygen atoms in total. The van der Waals surface area contributed by atoms with Gasteiger partial charge in [0.25, 0.3) is 0 Å². The minimum atomic E-state index is -2.20. The van der Waals surface area contributed by atoms with Crippen LogP contribution in [0.25, 0.3) is 0 Å². The van der Waals surface area contributed by atoms with Crippen LogP contribution in [0.15, 0.2) is 22.8 Å². The molecule has 0 aromatic heterocycles. The molecule has 0 bridgehead atoms. The van der Waals surface area contributed by atoms with E-state index in [1.807, 2.05) is 0 Å². The third kappa shape index (κ3) is 13.5. The maximum atomic E-state index is 6.77. The predicted molar refractivity (Wildman–Crippen MR) is 140 cm³/mol. The SMILES string of the molecule is C=CC(C/C=[CH]/[Sn]([CH2]CCC)([CH2]CCC)[CH2]CCC)(CCCCC)O[Si](C)(C)C. The van der Waals surface area contributed by atoms with Crippen molar-refractivity contribution in [3.8, 4) is 0 Å². The second-order valence-corrected chi connectivity index (χ2v) is 27.7. The molecule has 1 atom stereocenters. The van der Waals surface area contributed by atoms with E-state index in [-0.39, 0.29) is 5.60 Å². The van der Waals surface area contributed by atoms with Gasteiger partial charge in [0.05, 0.1) is 0 Å². The Hall–Kier alpha value is 0.456. The fourth-order valence-corrected chi connectivity index (χ4v) is 20.3. The molecule has 0 amide bonds. The van der Waals surface area contributed by atoms with E-state index in [9.17, 15) is 0 Å². The molecule has 29 heavy (non-hydrogen) atoms. The van der Waals surface area contributed by atoms with Crippen LogP contribution >= 0.6 is 0 Å². The van der Waals surface area contributed by atoms with Crippen molar-refractivity contribution in [2.75, 3.05) is 0 Å². The van der Waals surface area contributed by atoms with Crippen molar-refractivity contribution >= 4 is 26.7 Å². The number of hydrogen-bond donors (Lipinski definition) is 0. The molecular formula is C26H54OSiSn. The third-order valence-corrected chi connectivity index (χ3v) is 21.4. The Morgan fingerprint density at radius 1 is 0.793 bits per heavy atom. The zero-order chi connectivity index (χ0) is 22.2. The summed E-state index contributed by atoms with van der Waals surface area (Å²) >= 11 is -2.20. The van der Waals surface area contributed by atoms with Crippen molar-refractivity contribution in [1.82, 2.24) is 0 Å². The normalized spacial score (nSPS) is 15.0. The zero-order valence-electron chi connectivity index (χ0n) is 21.2. The quantitative estimate of drug-likeness (QED) is 0.0920. The Morgan fingerprint density at radius 3 is 1.66 bits per heavy atom. The molecule has 0 rings (SSSR count). The number of unbranched alkanes of at least 4 members (excludes halogenated alkanes) is 5. The summed E-state index contributed by atoms with van der Waals surface area (Å²) in [5.74, 6) is 0. The van der Waals surface area contributed by atoms with Gasteiger partial charge in [-0.2, -0.15) is 0 Å². The summed E-state index contributed by atoms with van der Waals surface area (Å²) in [5, 5.41) is 0. The Morgan fingerprint density at radius 2 is 1.28 bits per heavy atom. The van der Waals surface area contributed by atoms with E-state index in [2.05, 4.69) is 70.2 Å². The molecule has 0 aromatic carbocycles. The van der Waals surface area contributed by atoms with Gasteiger partial charge in [-0.15, -0.1) is 0 Å². The first kappa shape index (κ1) is 29.5. The van der Waals surface area contributed by atoms with Crippen molar-refractivity contribution in [1.29, 1.82) is 0 Å². The first-order valence-corrected chi connectivity index (χ1v) is 23.8. The van der Waals surface area contributed by atoms with E-state index >= 15 is 0 Å². The monoisotopic (exact) mass is 530 g/mol. The van der Waals surface area contributed by atoms with Crippen LogP contribution in [0.2, 0.25) is 33.0 Å². The average Bonchev–Trinajstić information content (AvgIpc) is 2.67. The third-order valence-electron chi connectivity index (χ3n) is 6.10. The molecule has 172 valence electrons. The van der Waals surface area contributed by atoms with Gasteiger partial charge in [-0.25, -0.2) is 0 Å². The molecule has 0 N–H and O–H groups in total. The molecule has 3 heteroatoms. The van der Waals surface area contributed by atoms with E-state index in [1.54, 1.807) is 13.3 Å². The van der Waals surface area contributed by atoms with Crippen LogP contribution in [-0.4, -0.2) is 32.3 Å².